The summed E-state index contributed by atoms with van der Waals surface area (Å²) in [7, 11) is 0. The topological polar surface area (TPSA) is 17.1 Å². The molecule has 1 heteroatoms. The number of hydrogen-bond acceptors (Lipinski definition) is 1. The number of hydrogen-bond donors (Lipinski definition) is 0. The summed E-state index contributed by atoms with van der Waals surface area (Å²) in [5.41, 5.74) is 6.07. The van der Waals surface area contributed by atoms with E-state index in [1.165, 1.54) is 16.7 Å². The molecule has 3 aromatic rings. The predicted octanol–water partition coefficient (Wildman–Crippen LogP) is 4.94. The van der Waals surface area contributed by atoms with E-state index in [1.807, 2.05) is 36.4 Å². The summed E-state index contributed by atoms with van der Waals surface area (Å²) in [5.74, 6) is 0.261. The number of carbonyl (C=O) groups is 1. The molecule has 0 fully saturated rings. The fourth-order valence-corrected chi connectivity index (χ4v) is 3.00. The minimum absolute atomic E-state index is 0.261. The average Bonchev–Trinajstić information content (AvgIpc) is 2.59. The summed E-state index contributed by atoms with van der Waals surface area (Å²) in [6, 6.07) is 26.8. The second-order valence-electron chi connectivity index (χ2n) is 6.30. The molecule has 0 aliphatic rings. The van der Waals surface area contributed by atoms with E-state index >= 15 is 0 Å². The Morgan fingerprint density at radius 2 is 1.29 bits per heavy atom. The Balaban J connectivity index is 1.65. The fraction of sp³-hybridized carbons (Fsp3) is 0.174. The first-order valence-corrected chi connectivity index (χ1v) is 8.38. The Kier molecular flexibility index (Phi) is 5.22. The van der Waals surface area contributed by atoms with Gasteiger partial charge in [0.05, 0.1) is 0 Å². The smallest absolute Gasteiger partial charge is 0.141 e. The molecule has 0 aliphatic carbocycles. The van der Waals surface area contributed by atoms with Crippen molar-refractivity contribution in [3.8, 4) is 0 Å². The van der Waals surface area contributed by atoms with Crippen molar-refractivity contribution in [3.05, 3.63) is 107 Å². The molecular formula is C23H22O. The van der Waals surface area contributed by atoms with Gasteiger partial charge in [0, 0.05) is 12.8 Å². The minimum atomic E-state index is 0.261. The van der Waals surface area contributed by atoms with Crippen LogP contribution >= 0.6 is 0 Å². The molecule has 0 heterocycles. The monoisotopic (exact) mass is 314 g/mol. The Hall–Kier alpha value is -2.67. The van der Waals surface area contributed by atoms with E-state index in [-0.39, 0.29) is 5.78 Å². The highest BCUT2D eigenvalue weighted by atomic mass is 16.1. The number of rotatable bonds is 6. The van der Waals surface area contributed by atoms with Crippen molar-refractivity contribution in [1.82, 2.24) is 0 Å². The highest BCUT2D eigenvalue weighted by Gasteiger charge is 2.07. The maximum atomic E-state index is 12.3. The fourth-order valence-electron chi connectivity index (χ4n) is 3.00. The molecule has 0 radical (unpaired) electrons. The van der Waals surface area contributed by atoms with Crippen molar-refractivity contribution >= 4 is 5.78 Å². The molecule has 0 aliphatic heterocycles. The molecule has 3 aromatic carbocycles. The van der Waals surface area contributed by atoms with Crippen LogP contribution in [-0.4, -0.2) is 5.78 Å². The van der Waals surface area contributed by atoms with Gasteiger partial charge in [0.25, 0.3) is 0 Å². The Labute approximate surface area is 144 Å². The van der Waals surface area contributed by atoms with E-state index < -0.39 is 0 Å². The van der Waals surface area contributed by atoms with Gasteiger partial charge in [-0.15, -0.1) is 0 Å². The number of carbonyl (C=O) groups excluding carboxylic acids is 1. The van der Waals surface area contributed by atoms with Gasteiger partial charge < -0.3 is 0 Å². The van der Waals surface area contributed by atoms with Gasteiger partial charge in [-0.1, -0.05) is 78.9 Å². The SMILES string of the molecule is Cc1cc(CC(=O)Cc2ccccc2)ccc1Cc1ccccc1. The molecule has 0 N–H and O–H groups in total. The predicted molar refractivity (Wildman–Crippen MR) is 99.3 cm³/mol. The zero-order chi connectivity index (χ0) is 16.8. The summed E-state index contributed by atoms with van der Waals surface area (Å²) >= 11 is 0. The van der Waals surface area contributed by atoms with E-state index in [1.54, 1.807) is 0 Å². The van der Waals surface area contributed by atoms with Gasteiger partial charge in [-0.05, 0) is 41.2 Å². The summed E-state index contributed by atoms with van der Waals surface area (Å²) < 4.78 is 0. The van der Waals surface area contributed by atoms with Crippen LogP contribution in [0.2, 0.25) is 0 Å². The minimum Gasteiger partial charge on any atom is -0.299 e. The second kappa shape index (κ2) is 7.74. The third-order valence-electron chi connectivity index (χ3n) is 4.29. The lowest BCUT2D eigenvalue weighted by Gasteiger charge is -2.09. The lowest BCUT2D eigenvalue weighted by atomic mass is 9.96. The van der Waals surface area contributed by atoms with Gasteiger partial charge in [0.2, 0.25) is 0 Å². The molecule has 0 amide bonds. The lowest BCUT2D eigenvalue weighted by molar-refractivity contribution is -0.117. The largest absolute Gasteiger partial charge is 0.299 e. The Morgan fingerprint density at radius 3 is 1.92 bits per heavy atom. The van der Waals surface area contributed by atoms with E-state index in [0.29, 0.717) is 12.8 Å². The summed E-state index contributed by atoms with van der Waals surface area (Å²) in [5, 5.41) is 0. The van der Waals surface area contributed by atoms with Crippen LogP contribution in [0.4, 0.5) is 0 Å². The number of ketones is 1. The third kappa shape index (κ3) is 4.42. The summed E-state index contributed by atoms with van der Waals surface area (Å²) in [6.45, 7) is 2.13. The van der Waals surface area contributed by atoms with Crippen molar-refractivity contribution in [3.63, 3.8) is 0 Å². The molecule has 3 rings (SSSR count). The van der Waals surface area contributed by atoms with Crippen LogP contribution in [0.25, 0.3) is 0 Å². The van der Waals surface area contributed by atoms with Gasteiger partial charge in [0.1, 0.15) is 5.78 Å². The van der Waals surface area contributed by atoms with Crippen LogP contribution in [-0.2, 0) is 24.1 Å². The quantitative estimate of drug-likeness (QED) is 0.630. The van der Waals surface area contributed by atoms with Crippen molar-refractivity contribution in [2.75, 3.05) is 0 Å². The number of benzene rings is 3. The molecule has 0 spiro atoms. The second-order valence-corrected chi connectivity index (χ2v) is 6.30. The standard InChI is InChI=1S/C23H22O/c1-18-14-21(17-23(24)16-20-10-6-3-7-11-20)12-13-22(18)15-19-8-4-2-5-9-19/h2-14H,15-17H2,1H3. The van der Waals surface area contributed by atoms with E-state index in [9.17, 15) is 4.79 Å². The molecule has 24 heavy (non-hydrogen) atoms. The van der Waals surface area contributed by atoms with Crippen LogP contribution in [0, 0.1) is 6.92 Å². The van der Waals surface area contributed by atoms with Crippen LogP contribution in [0.5, 0.6) is 0 Å². The molecule has 0 saturated carbocycles. The first-order chi connectivity index (χ1) is 11.7. The van der Waals surface area contributed by atoms with Gasteiger partial charge in [-0.2, -0.15) is 0 Å². The summed E-state index contributed by atoms with van der Waals surface area (Å²) in [6.07, 6.45) is 1.94. The number of aryl methyl sites for hydroxylation is 1. The maximum absolute atomic E-state index is 12.3. The lowest BCUT2D eigenvalue weighted by Crippen LogP contribution is -2.07. The van der Waals surface area contributed by atoms with Crippen molar-refractivity contribution in [2.45, 2.75) is 26.2 Å². The zero-order valence-electron chi connectivity index (χ0n) is 14.0. The van der Waals surface area contributed by atoms with Crippen LogP contribution in [0.1, 0.15) is 27.8 Å². The Bertz CT molecular complexity index is 804. The first-order valence-electron chi connectivity index (χ1n) is 8.38. The molecule has 0 aromatic heterocycles. The zero-order valence-corrected chi connectivity index (χ0v) is 14.0. The molecule has 120 valence electrons. The van der Waals surface area contributed by atoms with Gasteiger partial charge in [-0.3, -0.25) is 4.79 Å². The molecule has 0 atom stereocenters. The van der Waals surface area contributed by atoms with Gasteiger partial charge >= 0.3 is 0 Å². The van der Waals surface area contributed by atoms with E-state index in [4.69, 9.17) is 0 Å². The van der Waals surface area contributed by atoms with E-state index in [0.717, 1.165) is 17.5 Å². The van der Waals surface area contributed by atoms with Gasteiger partial charge in [0.15, 0.2) is 0 Å². The highest BCUT2D eigenvalue weighted by Crippen LogP contribution is 2.16. The third-order valence-corrected chi connectivity index (χ3v) is 4.29. The normalized spacial score (nSPS) is 10.5. The Morgan fingerprint density at radius 1 is 0.708 bits per heavy atom. The molecule has 0 saturated heterocycles. The highest BCUT2D eigenvalue weighted by molar-refractivity contribution is 5.83. The van der Waals surface area contributed by atoms with Crippen molar-refractivity contribution in [1.29, 1.82) is 0 Å². The van der Waals surface area contributed by atoms with Crippen LogP contribution in [0.3, 0.4) is 0 Å². The molecular weight excluding hydrogens is 292 g/mol. The van der Waals surface area contributed by atoms with Gasteiger partial charge in [-0.25, -0.2) is 0 Å². The van der Waals surface area contributed by atoms with Crippen molar-refractivity contribution < 1.29 is 4.79 Å². The molecule has 1 nitrogen and oxygen atoms in total. The van der Waals surface area contributed by atoms with E-state index in [2.05, 4.69) is 49.4 Å². The average molecular weight is 314 g/mol. The molecule has 0 bridgehead atoms. The maximum Gasteiger partial charge on any atom is 0.141 e. The molecule has 0 unspecified atom stereocenters. The van der Waals surface area contributed by atoms with Crippen molar-refractivity contribution in [2.24, 2.45) is 0 Å². The first kappa shape index (κ1) is 16.2. The number of Topliss-reactive ketones (excluding diaryl/α,β-unsaturated/α-hetero) is 1. The summed E-state index contributed by atoms with van der Waals surface area (Å²) in [4.78, 5) is 12.3. The van der Waals surface area contributed by atoms with Crippen LogP contribution < -0.4 is 0 Å². The van der Waals surface area contributed by atoms with Crippen LogP contribution in [0.15, 0.2) is 78.9 Å².